The monoisotopic (exact) mass is 1010 g/mol. The number of esters is 2. The molecule has 1 aromatic rings. The molecule has 4 nitrogen and oxygen atoms in total. The highest BCUT2D eigenvalue weighted by atomic mass is 16.5. The molecule has 0 heterocycles. The van der Waals surface area contributed by atoms with Gasteiger partial charge in [-0.05, 0) is 31.0 Å². The highest BCUT2D eigenvalue weighted by molar-refractivity contribution is 5.95. The molecule has 0 bridgehead atoms. The fourth-order valence-electron chi connectivity index (χ4n) is 10.8. The number of rotatable bonds is 60. The molecular weight excluding hydrogens is 881 g/mol. The molecule has 0 aliphatic carbocycles. The SMILES string of the molecule is CCCCCCCCCCCCCCCCCCCCCCCCCCCCCCOC(=O)c1cccc(C(=O)OCCCCCCCCCCCCCCCCCCCCCCCCCCCCCC)c1. The lowest BCUT2D eigenvalue weighted by molar-refractivity contribution is 0.0496. The third-order valence-electron chi connectivity index (χ3n) is 15.8. The van der Waals surface area contributed by atoms with E-state index in [1.165, 1.54) is 334 Å². The maximum absolute atomic E-state index is 12.7. The lowest BCUT2D eigenvalue weighted by atomic mass is 10.0. The minimum atomic E-state index is -0.351. The van der Waals surface area contributed by atoms with Crippen LogP contribution in [0.25, 0.3) is 0 Å². The molecule has 0 unspecified atom stereocenters. The Balaban J connectivity index is 1.81. The van der Waals surface area contributed by atoms with Crippen LogP contribution in [0.4, 0.5) is 0 Å². The molecule has 0 saturated heterocycles. The summed E-state index contributed by atoms with van der Waals surface area (Å²) in [4.78, 5) is 25.4. The molecule has 0 fully saturated rings. The van der Waals surface area contributed by atoms with E-state index in [0.29, 0.717) is 24.3 Å². The van der Waals surface area contributed by atoms with Crippen LogP contribution in [-0.4, -0.2) is 25.2 Å². The van der Waals surface area contributed by atoms with Gasteiger partial charge in [-0.15, -0.1) is 0 Å². The average Bonchev–Trinajstić information content (AvgIpc) is 3.39. The number of carbonyl (C=O) groups is 2. The zero-order valence-corrected chi connectivity index (χ0v) is 49.0. The van der Waals surface area contributed by atoms with E-state index in [9.17, 15) is 9.59 Å². The third kappa shape index (κ3) is 50.3. The third-order valence-corrected chi connectivity index (χ3v) is 15.8. The summed E-state index contributed by atoms with van der Waals surface area (Å²) in [5.74, 6) is -0.703. The van der Waals surface area contributed by atoms with Gasteiger partial charge in [0.05, 0.1) is 24.3 Å². The normalized spacial score (nSPS) is 11.5. The number of hydrogen-bond acceptors (Lipinski definition) is 4. The predicted octanol–water partition coefficient (Wildman–Crippen LogP) is 23.9. The molecule has 4 heteroatoms. The summed E-state index contributed by atoms with van der Waals surface area (Å²) >= 11 is 0. The Kier molecular flexibility index (Phi) is 55.3. The molecule has 422 valence electrons. The van der Waals surface area contributed by atoms with Crippen molar-refractivity contribution >= 4 is 11.9 Å². The fraction of sp³-hybridized carbons (Fsp3) is 0.882. The van der Waals surface area contributed by atoms with Gasteiger partial charge in [-0.2, -0.15) is 0 Å². The Labute approximate surface area is 451 Å². The summed E-state index contributed by atoms with van der Waals surface area (Å²) in [7, 11) is 0. The second kappa shape index (κ2) is 58.4. The van der Waals surface area contributed by atoms with Gasteiger partial charge < -0.3 is 9.47 Å². The van der Waals surface area contributed by atoms with Gasteiger partial charge in [-0.25, -0.2) is 9.59 Å². The molecule has 72 heavy (non-hydrogen) atoms. The van der Waals surface area contributed by atoms with Crippen LogP contribution >= 0.6 is 0 Å². The summed E-state index contributed by atoms with van der Waals surface area (Å²) in [6.45, 7) is 5.48. The van der Waals surface area contributed by atoms with Crippen LogP contribution in [0.1, 0.15) is 394 Å². The minimum absolute atomic E-state index is 0.351. The van der Waals surface area contributed by atoms with E-state index >= 15 is 0 Å². The van der Waals surface area contributed by atoms with Crippen molar-refractivity contribution in [1.29, 1.82) is 0 Å². The lowest BCUT2D eigenvalue weighted by Gasteiger charge is -2.08. The van der Waals surface area contributed by atoms with Crippen molar-refractivity contribution in [3.05, 3.63) is 35.4 Å². The lowest BCUT2D eigenvalue weighted by Crippen LogP contribution is -2.10. The van der Waals surface area contributed by atoms with Crippen LogP contribution < -0.4 is 0 Å². The number of unbranched alkanes of at least 4 members (excludes halogenated alkanes) is 54. The second-order valence-electron chi connectivity index (χ2n) is 22.9. The summed E-state index contributed by atoms with van der Waals surface area (Å²) in [5, 5.41) is 0. The summed E-state index contributed by atoms with van der Waals surface area (Å²) in [5.41, 5.74) is 0.852. The zero-order chi connectivity index (χ0) is 51.6. The molecule has 1 aromatic carbocycles. The maximum atomic E-state index is 12.7. The van der Waals surface area contributed by atoms with E-state index in [1.54, 1.807) is 24.3 Å². The molecule has 0 spiro atoms. The molecule has 0 atom stereocenters. The van der Waals surface area contributed by atoms with Gasteiger partial charge in [0.15, 0.2) is 0 Å². The van der Waals surface area contributed by atoms with Crippen molar-refractivity contribution in [2.45, 2.75) is 373 Å². The molecule has 0 aliphatic rings. The van der Waals surface area contributed by atoms with E-state index in [2.05, 4.69) is 13.8 Å². The molecule has 0 aliphatic heterocycles. The van der Waals surface area contributed by atoms with E-state index in [1.807, 2.05) is 0 Å². The van der Waals surface area contributed by atoms with Crippen LogP contribution in [0.3, 0.4) is 0 Å². The van der Waals surface area contributed by atoms with Crippen LogP contribution in [0.5, 0.6) is 0 Å². The van der Waals surface area contributed by atoms with Crippen LogP contribution in [0.2, 0.25) is 0 Å². The molecule has 0 radical (unpaired) electrons. The van der Waals surface area contributed by atoms with Gasteiger partial charge in [0, 0.05) is 0 Å². The van der Waals surface area contributed by atoms with Crippen LogP contribution in [0, 0.1) is 0 Å². The highest BCUT2D eigenvalue weighted by Crippen LogP contribution is 2.19. The van der Waals surface area contributed by atoms with E-state index in [-0.39, 0.29) is 11.9 Å². The average molecular weight is 1010 g/mol. The Bertz CT molecular complexity index is 1140. The Morgan fingerprint density at radius 1 is 0.250 bits per heavy atom. The Morgan fingerprint density at radius 2 is 0.403 bits per heavy atom. The molecule has 0 aromatic heterocycles. The van der Waals surface area contributed by atoms with Crippen LogP contribution in [0.15, 0.2) is 24.3 Å². The first-order chi connectivity index (χ1) is 35.7. The predicted molar refractivity (Wildman–Crippen MR) is 317 cm³/mol. The van der Waals surface area contributed by atoms with Gasteiger partial charge in [0.25, 0.3) is 0 Å². The first-order valence-electron chi connectivity index (χ1n) is 33.1. The standard InChI is InChI=1S/C68H126O4/c1-3-5-7-9-11-13-15-17-19-21-23-25-27-29-31-33-35-37-39-41-43-45-47-49-51-53-55-57-62-71-67(69)65-60-59-61-66(64-65)68(70)72-63-58-56-54-52-50-48-46-44-42-40-38-36-34-32-30-28-26-24-22-20-18-16-14-12-10-8-6-4-2/h59-61,64H,3-58,62-63H2,1-2H3. The van der Waals surface area contributed by atoms with Crippen molar-refractivity contribution in [1.82, 2.24) is 0 Å². The smallest absolute Gasteiger partial charge is 0.338 e. The van der Waals surface area contributed by atoms with Crippen molar-refractivity contribution in [3.8, 4) is 0 Å². The molecule has 0 saturated carbocycles. The summed E-state index contributed by atoms with van der Waals surface area (Å²) in [6.07, 6.45) is 77.7. The van der Waals surface area contributed by atoms with Gasteiger partial charge in [0.1, 0.15) is 0 Å². The van der Waals surface area contributed by atoms with E-state index in [0.717, 1.165) is 25.7 Å². The fourth-order valence-corrected chi connectivity index (χ4v) is 10.8. The topological polar surface area (TPSA) is 52.6 Å². The van der Waals surface area contributed by atoms with Crippen molar-refractivity contribution < 1.29 is 19.1 Å². The molecule has 0 N–H and O–H groups in total. The maximum Gasteiger partial charge on any atom is 0.338 e. The second-order valence-corrected chi connectivity index (χ2v) is 22.9. The quantitative estimate of drug-likeness (QED) is 0.0482. The molecule has 1 rings (SSSR count). The summed E-state index contributed by atoms with van der Waals surface area (Å²) < 4.78 is 11.1. The van der Waals surface area contributed by atoms with Gasteiger partial charge in [-0.1, -0.05) is 367 Å². The van der Waals surface area contributed by atoms with E-state index in [4.69, 9.17) is 9.47 Å². The highest BCUT2D eigenvalue weighted by Gasteiger charge is 2.13. The Morgan fingerprint density at radius 3 is 0.569 bits per heavy atom. The first-order valence-corrected chi connectivity index (χ1v) is 33.1. The largest absolute Gasteiger partial charge is 0.462 e. The van der Waals surface area contributed by atoms with Gasteiger partial charge in [-0.3, -0.25) is 0 Å². The van der Waals surface area contributed by atoms with Crippen molar-refractivity contribution in [2.75, 3.05) is 13.2 Å². The molecular formula is C68H126O4. The Hall–Kier alpha value is -1.84. The van der Waals surface area contributed by atoms with Crippen molar-refractivity contribution in [3.63, 3.8) is 0 Å². The van der Waals surface area contributed by atoms with E-state index < -0.39 is 0 Å². The minimum Gasteiger partial charge on any atom is -0.462 e. The number of ether oxygens (including phenoxy) is 2. The van der Waals surface area contributed by atoms with Crippen molar-refractivity contribution in [2.24, 2.45) is 0 Å². The number of carbonyl (C=O) groups excluding carboxylic acids is 2. The van der Waals surface area contributed by atoms with Gasteiger partial charge in [0.2, 0.25) is 0 Å². The van der Waals surface area contributed by atoms with Crippen LogP contribution in [-0.2, 0) is 9.47 Å². The van der Waals surface area contributed by atoms with Gasteiger partial charge >= 0.3 is 11.9 Å². The molecule has 0 amide bonds. The number of benzene rings is 1. The zero-order valence-electron chi connectivity index (χ0n) is 49.0. The first kappa shape index (κ1) is 68.2. The summed E-state index contributed by atoms with van der Waals surface area (Å²) in [6, 6.07) is 6.82. The number of hydrogen-bond donors (Lipinski definition) is 0.